The molecule has 3 atom stereocenters. The number of hydrogen-bond donors (Lipinski definition) is 1. The zero-order chi connectivity index (χ0) is 12.5. The molecule has 3 unspecified atom stereocenters. The highest BCUT2D eigenvalue weighted by atomic mass is 32.2. The first-order valence-corrected chi connectivity index (χ1v) is 7.86. The number of nitrogens with one attached hydrogen (secondary N) is 1. The summed E-state index contributed by atoms with van der Waals surface area (Å²) >= 11 is 2.03. The van der Waals surface area contributed by atoms with Gasteiger partial charge >= 0.3 is 0 Å². The van der Waals surface area contributed by atoms with Crippen molar-refractivity contribution in [1.82, 2.24) is 10.2 Å². The highest BCUT2D eigenvalue weighted by Gasteiger charge is 2.46. The summed E-state index contributed by atoms with van der Waals surface area (Å²) in [5, 5.41) is 4.17. The van der Waals surface area contributed by atoms with Crippen LogP contribution in [0, 0.1) is 0 Å². The summed E-state index contributed by atoms with van der Waals surface area (Å²) < 4.78 is 0. The van der Waals surface area contributed by atoms with E-state index in [9.17, 15) is 4.79 Å². The number of carbonyl (C=O) groups is 1. The quantitative estimate of drug-likeness (QED) is 0.837. The largest absolute Gasteiger partial charge is 0.324 e. The van der Waals surface area contributed by atoms with Crippen LogP contribution in [0.3, 0.4) is 0 Å². The molecule has 0 aliphatic carbocycles. The Kier molecular flexibility index (Phi) is 4.03. The van der Waals surface area contributed by atoms with Gasteiger partial charge in [0.05, 0.1) is 11.7 Å². The molecule has 2 fully saturated rings. The molecule has 17 heavy (non-hydrogen) atoms. The van der Waals surface area contributed by atoms with Crippen molar-refractivity contribution in [3.63, 3.8) is 0 Å². The van der Waals surface area contributed by atoms with Crippen LogP contribution in [-0.4, -0.2) is 40.1 Å². The van der Waals surface area contributed by atoms with E-state index >= 15 is 0 Å². The molecule has 2 saturated heterocycles. The van der Waals surface area contributed by atoms with E-state index < -0.39 is 0 Å². The van der Waals surface area contributed by atoms with Gasteiger partial charge in [-0.3, -0.25) is 10.1 Å². The number of thioether (sulfide) groups is 1. The average Bonchev–Trinajstić information content (AvgIpc) is 2.92. The van der Waals surface area contributed by atoms with E-state index in [0.29, 0.717) is 11.2 Å². The first-order chi connectivity index (χ1) is 8.10. The van der Waals surface area contributed by atoms with Gasteiger partial charge in [0.2, 0.25) is 5.91 Å². The van der Waals surface area contributed by atoms with E-state index in [2.05, 4.69) is 24.1 Å². The molecule has 0 radical (unpaired) electrons. The van der Waals surface area contributed by atoms with Crippen LogP contribution in [0.4, 0.5) is 0 Å². The normalized spacial score (nSPS) is 38.1. The molecule has 0 saturated carbocycles. The maximum Gasteiger partial charge on any atom is 0.243 e. The minimum Gasteiger partial charge on any atom is -0.324 e. The number of rotatable bonds is 4. The van der Waals surface area contributed by atoms with Crippen LogP contribution in [0.25, 0.3) is 0 Å². The number of hydrogen-bond acceptors (Lipinski definition) is 3. The molecule has 0 aromatic carbocycles. The summed E-state index contributed by atoms with van der Waals surface area (Å²) in [4.78, 5) is 14.6. The molecule has 98 valence electrons. The van der Waals surface area contributed by atoms with E-state index in [4.69, 9.17) is 0 Å². The monoisotopic (exact) mass is 256 g/mol. The Morgan fingerprint density at radius 2 is 2.29 bits per heavy atom. The summed E-state index contributed by atoms with van der Waals surface area (Å²) in [6.07, 6.45) is 4.70. The lowest BCUT2D eigenvalue weighted by molar-refractivity contribution is -0.133. The first-order valence-electron chi connectivity index (χ1n) is 6.81. The van der Waals surface area contributed by atoms with Gasteiger partial charge < -0.3 is 4.90 Å². The Morgan fingerprint density at radius 1 is 1.53 bits per heavy atom. The molecule has 0 aromatic heterocycles. The Morgan fingerprint density at radius 3 is 2.82 bits per heavy atom. The molecule has 2 aliphatic rings. The third kappa shape index (κ3) is 2.48. The highest BCUT2D eigenvalue weighted by molar-refractivity contribution is 8.00. The second kappa shape index (κ2) is 5.19. The van der Waals surface area contributed by atoms with Crippen LogP contribution in [0.15, 0.2) is 0 Å². The first kappa shape index (κ1) is 13.2. The Hall–Kier alpha value is -0.220. The van der Waals surface area contributed by atoms with Crippen LogP contribution in [-0.2, 0) is 4.79 Å². The van der Waals surface area contributed by atoms with Crippen LogP contribution < -0.4 is 5.32 Å². The molecule has 1 amide bonds. The van der Waals surface area contributed by atoms with Crippen molar-refractivity contribution in [2.24, 2.45) is 0 Å². The minimum atomic E-state index is -0.329. The lowest BCUT2D eigenvalue weighted by atomic mass is 9.99. The van der Waals surface area contributed by atoms with E-state index in [-0.39, 0.29) is 11.7 Å². The van der Waals surface area contributed by atoms with Crippen molar-refractivity contribution in [1.29, 1.82) is 0 Å². The summed E-state index contributed by atoms with van der Waals surface area (Å²) in [5.41, 5.74) is -0.329. The lowest BCUT2D eigenvalue weighted by Gasteiger charge is -2.25. The molecule has 2 heterocycles. The minimum absolute atomic E-state index is 0.244. The average molecular weight is 256 g/mol. The molecule has 1 N–H and O–H groups in total. The van der Waals surface area contributed by atoms with E-state index in [1.807, 2.05) is 18.7 Å². The molecular weight excluding hydrogens is 232 g/mol. The summed E-state index contributed by atoms with van der Waals surface area (Å²) in [6, 6.07) is 0. The topological polar surface area (TPSA) is 32.3 Å². The van der Waals surface area contributed by atoms with Crippen LogP contribution >= 0.6 is 11.8 Å². The van der Waals surface area contributed by atoms with Crippen molar-refractivity contribution in [3.05, 3.63) is 0 Å². The fourth-order valence-electron chi connectivity index (χ4n) is 2.76. The standard InChI is InChI=1S/C13H24N2OS/c1-4-11-14-13(3,5-2)12(16)15(11)9-10-7-6-8-17-10/h10-11,14H,4-9H2,1-3H3. The van der Waals surface area contributed by atoms with Gasteiger partial charge in [0.15, 0.2) is 0 Å². The van der Waals surface area contributed by atoms with Gasteiger partial charge in [0.25, 0.3) is 0 Å². The fourth-order valence-corrected chi connectivity index (χ4v) is 4.03. The van der Waals surface area contributed by atoms with Gasteiger partial charge in [0, 0.05) is 11.8 Å². The van der Waals surface area contributed by atoms with Gasteiger partial charge in [-0.1, -0.05) is 13.8 Å². The summed E-state index contributed by atoms with van der Waals surface area (Å²) in [6.45, 7) is 7.22. The Balaban J connectivity index is 2.05. The van der Waals surface area contributed by atoms with Gasteiger partial charge in [-0.05, 0) is 38.4 Å². The van der Waals surface area contributed by atoms with Gasteiger partial charge in [-0.15, -0.1) is 0 Å². The van der Waals surface area contributed by atoms with Crippen molar-refractivity contribution >= 4 is 17.7 Å². The molecule has 0 bridgehead atoms. The molecule has 0 aromatic rings. The van der Waals surface area contributed by atoms with E-state index in [1.165, 1.54) is 18.6 Å². The predicted octanol–water partition coefficient (Wildman–Crippen LogP) is 2.22. The molecule has 4 heteroatoms. The van der Waals surface area contributed by atoms with Crippen molar-refractivity contribution in [2.75, 3.05) is 12.3 Å². The van der Waals surface area contributed by atoms with Gasteiger partial charge in [-0.25, -0.2) is 0 Å². The molecule has 2 aliphatic heterocycles. The number of nitrogens with zero attached hydrogens (tertiary/aromatic N) is 1. The number of amides is 1. The maximum absolute atomic E-state index is 12.5. The van der Waals surface area contributed by atoms with Crippen LogP contribution in [0.2, 0.25) is 0 Å². The zero-order valence-corrected chi connectivity index (χ0v) is 12.0. The molecule has 0 spiro atoms. The van der Waals surface area contributed by atoms with Crippen molar-refractivity contribution in [2.45, 2.75) is 63.4 Å². The molecule has 2 rings (SSSR count). The second-order valence-electron chi connectivity index (χ2n) is 5.35. The maximum atomic E-state index is 12.5. The molecular formula is C13H24N2OS. The van der Waals surface area contributed by atoms with Gasteiger partial charge in [-0.2, -0.15) is 11.8 Å². The fraction of sp³-hybridized carbons (Fsp3) is 0.923. The van der Waals surface area contributed by atoms with Crippen LogP contribution in [0.5, 0.6) is 0 Å². The Labute approximate surface area is 109 Å². The van der Waals surface area contributed by atoms with Crippen molar-refractivity contribution in [3.8, 4) is 0 Å². The third-order valence-electron chi connectivity index (χ3n) is 4.11. The van der Waals surface area contributed by atoms with Crippen LogP contribution in [0.1, 0.15) is 46.5 Å². The SMILES string of the molecule is CCC1NC(C)(CC)C(=O)N1CC1CCCS1. The van der Waals surface area contributed by atoms with Crippen molar-refractivity contribution < 1.29 is 4.79 Å². The second-order valence-corrected chi connectivity index (χ2v) is 6.75. The number of carbonyl (C=O) groups excluding carboxylic acids is 1. The summed E-state index contributed by atoms with van der Waals surface area (Å²) in [7, 11) is 0. The smallest absolute Gasteiger partial charge is 0.243 e. The predicted molar refractivity (Wildman–Crippen MR) is 73.1 cm³/mol. The van der Waals surface area contributed by atoms with Gasteiger partial charge in [0.1, 0.15) is 0 Å². The lowest BCUT2D eigenvalue weighted by Crippen LogP contribution is -2.43. The third-order valence-corrected chi connectivity index (χ3v) is 5.49. The van der Waals surface area contributed by atoms with E-state index in [0.717, 1.165) is 19.4 Å². The Bertz CT molecular complexity index is 291. The molecule has 3 nitrogen and oxygen atoms in total. The van der Waals surface area contributed by atoms with E-state index in [1.54, 1.807) is 0 Å². The zero-order valence-electron chi connectivity index (χ0n) is 11.2. The highest BCUT2D eigenvalue weighted by Crippen LogP contribution is 2.31. The summed E-state index contributed by atoms with van der Waals surface area (Å²) in [5.74, 6) is 1.57.